The lowest BCUT2D eigenvalue weighted by Gasteiger charge is -2.37. The molecule has 3 atom stereocenters. The Morgan fingerprint density at radius 1 is 1.35 bits per heavy atom. The molecule has 3 unspecified atom stereocenters. The minimum Gasteiger partial charge on any atom is -0.378 e. The molecule has 2 heterocycles. The molecule has 3 heteroatoms. The first-order chi connectivity index (χ1) is 8.11. The van der Waals surface area contributed by atoms with Crippen molar-refractivity contribution < 1.29 is 9.47 Å². The standard InChI is InChI=1S/C14H25ClO2/c1-11(2)13(15)4-3-12-5-7-17-14(9-12)6-8-16-10-14/h11-13H,3-10H2,1-2H3. The van der Waals surface area contributed by atoms with Gasteiger partial charge in [0, 0.05) is 25.0 Å². The SMILES string of the molecule is CC(C)C(Cl)CCC1CCOC2(CCOC2)C1. The minimum absolute atomic E-state index is 0.0581. The fourth-order valence-corrected chi connectivity index (χ4v) is 3.09. The molecule has 1 spiro atoms. The smallest absolute Gasteiger partial charge is 0.0939 e. The van der Waals surface area contributed by atoms with E-state index in [0.29, 0.717) is 11.3 Å². The highest BCUT2D eigenvalue weighted by Gasteiger charge is 2.40. The van der Waals surface area contributed by atoms with Gasteiger partial charge < -0.3 is 9.47 Å². The number of hydrogen-bond donors (Lipinski definition) is 0. The number of ether oxygens (including phenoxy) is 2. The van der Waals surface area contributed by atoms with Gasteiger partial charge in [-0.3, -0.25) is 0 Å². The van der Waals surface area contributed by atoms with Crippen molar-refractivity contribution in [3.63, 3.8) is 0 Å². The molecule has 100 valence electrons. The molecule has 0 aromatic heterocycles. The van der Waals surface area contributed by atoms with Crippen LogP contribution >= 0.6 is 11.6 Å². The van der Waals surface area contributed by atoms with Crippen molar-refractivity contribution in [1.82, 2.24) is 0 Å². The average Bonchev–Trinajstić information content (AvgIpc) is 2.74. The normalized spacial score (nSPS) is 35.6. The summed E-state index contributed by atoms with van der Waals surface area (Å²) in [7, 11) is 0. The van der Waals surface area contributed by atoms with Gasteiger partial charge in [0.05, 0.1) is 12.2 Å². The molecule has 2 aliphatic rings. The van der Waals surface area contributed by atoms with Crippen LogP contribution in [0.3, 0.4) is 0 Å². The highest BCUT2D eigenvalue weighted by Crippen LogP contribution is 2.38. The molecule has 2 saturated heterocycles. The van der Waals surface area contributed by atoms with Crippen LogP contribution in [0.4, 0.5) is 0 Å². The average molecular weight is 261 g/mol. The van der Waals surface area contributed by atoms with Crippen LogP contribution in [0, 0.1) is 11.8 Å². The third-order valence-electron chi connectivity index (χ3n) is 4.24. The molecule has 2 aliphatic heterocycles. The predicted octanol–water partition coefficient (Wildman–Crippen LogP) is 3.62. The lowest BCUT2D eigenvalue weighted by Crippen LogP contribution is -2.40. The van der Waals surface area contributed by atoms with Gasteiger partial charge in [0.15, 0.2) is 0 Å². The van der Waals surface area contributed by atoms with Crippen molar-refractivity contribution in [2.45, 2.75) is 56.9 Å². The van der Waals surface area contributed by atoms with Crippen molar-refractivity contribution in [2.24, 2.45) is 11.8 Å². The van der Waals surface area contributed by atoms with Crippen molar-refractivity contribution in [3.8, 4) is 0 Å². The molecule has 2 fully saturated rings. The fraction of sp³-hybridized carbons (Fsp3) is 1.00. The van der Waals surface area contributed by atoms with Crippen LogP contribution in [0.25, 0.3) is 0 Å². The molecular weight excluding hydrogens is 236 g/mol. The molecule has 0 radical (unpaired) electrons. The molecule has 0 N–H and O–H groups in total. The van der Waals surface area contributed by atoms with Crippen LogP contribution < -0.4 is 0 Å². The van der Waals surface area contributed by atoms with Gasteiger partial charge in [-0.25, -0.2) is 0 Å². The second-order valence-corrected chi connectivity index (χ2v) is 6.59. The van der Waals surface area contributed by atoms with Gasteiger partial charge in [-0.1, -0.05) is 13.8 Å². The first kappa shape index (κ1) is 13.6. The lowest BCUT2D eigenvalue weighted by atomic mass is 9.82. The molecule has 0 aromatic carbocycles. The highest BCUT2D eigenvalue weighted by atomic mass is 35.5. The summed E-state index contributed by atoms with van der Waals surface area (Å²) in [5.74, 6) is 1.37. The van der Waals surface area contributed by atoms with E-state index in [9.17, 15) is 0 Å². The highest BCUT2D eigenvalue weighted by molar-refractivity contribution is 6.20. The Bertz CT molecular complexity index is 236. The van der Waals surface area contributed by atoms with E-state index in [0.717, 1.165) is 38.6 Å². The summed E-state index contributed by atoms with van der Waals surface area (Å²) in [6.45, 7) is 6.99. The molecule has 0 bridgehead atoms. The van der Waals surface area contributed by atoms with Crippen molar-refractivity contribution >= 4 is 11.6 Å². The maximum absolute atomic E-state index is 6.33. The Balaban J connectivity index is 1.77. The zero-order valence-electron chi connectivity index (χ0n) is 11.1. The Morgan fingerprint density at radius 3 is 2.82 bits per heavy atom. The molecule has 17 heavy (non-hydrogen) atoms. The number of rotatable bonds is 4. The fourth-order valence-electron chi connectivity index (χ4n) is 2.97. The van der Waals surface area contributed by atoms with E-state index in [1.54, 1.807) is 0 Å². The first-order valence-electron chi connectivity index (χ1n) is 6.97. The van der Waals surface area contributed by atoms with Gasteiger partial charge >= 0.3 is 0 Å². The van der Waals surface area contributed by atoms with Gasteiger partial charge in [-0.15, -0.1) is 11.6 Å². The second-order valence-electron chi connectivity index (χ2n) is 6.03. The number of alkyl halides is 1. The monoisotopic (exact) mass is 260 g/mol. The van der Waals surface area contributed by atoms with Crippen LogP contribution in [-0.2, 0) is 9.47 Å². The number of halogens is 1. The first-order valence-corrected chi connectivity index (χ1v) is 7.41. The summed E-state index contributed by atoms with van der Waals surface area (Å²) in [5, 5.41) is 0.327. The Morgan fingerprint density at radius 2 is 2.18 bits per heavy atom. The summed E-state index contributed by atoms with van der Waals surface area (Å²) in [4.78, 5) is 0. The summed E-state index contributed by atoms with van der Waals surface area (Å²) < 4.78 is 11.5. The summed E-state index contributed by atoms with van der Waals surface area (Å²) >= 11 is 6.33. The van der Waals surface area contributed by atoms with E-state index in [4.69, 9.17) is 21.1 Å². The quantitative estimate of drug-likeness (QED) is 0.719. The molecule has 0 aromatic rings. The molecule has 2 rings (SSSR count). The minimum atomic E-state index is 0.0581. The Kier molecular flexibility index (Phi) is 4.73. The van der Waals surface area contributed by atoms with Crippen LogP contribution in [-0.4, -0.2) is 30.8 Å². The predicted molar refractivity (Wildman–Crippen MR) is 70.6 cm³/mol. The van der Waals surface area contributed by atoms with Gasteiger partial charge in [0.1, 0.15) is 0 Å². The van der Waals surface area contributed by atoms with Crippen LogP contribution in [0.2, 0.25) is 0 Å². The van der Waals surface area contributed by atoms with E-state index in [2.05, 4.69) is 13.8 Å². The zero-order valence-corrected chi connectivity index (χ0v) is 11.8. The van der Waals surface area contributed by atoms with E-state index in [1.165, 1.54) is 19.3 Å². The Labute approximate surface area is 110 Å². The maximum atomic E-state index is 6.33. The summed E-state index contributed by atoms with van der Waals surface area (Å²) in [5.41, 5.74) is 0.0581. The van der Waals surface area contributed by atoms with Crippen molar-refractivity contribution in [1.29, 1.82) is 0 Å². The van der Waals surface area contributed by atoms with Gasteiger partial charge in [0.25, 0.3) is 0 Å². The molecule has 0 saturated carbocycles. The van der Waals surface area contributed by atoms with Crippen LogP contribution in [0.5, 0.6) is 0 Å². The lowest BCUT2D eigenvalue weighted by molar-refractivity contribution is -0.0990. The van der Waals surface area contributed by atoms with Crippen LogP contribution in [0.1, 0.15) is 46.0 Å². The summed E-state index contributed by atoms with van der Waals surface area (Å²) in [6.07, 6.45) is 5.84. The van der Waals surface area contributed by atoms with E-state index in [1.807, 2.05) is 0 Å². The third kappa shape index (κ3) is 3.59. The molecular formula is C14H25ClO2. The Hall–Kier alpha value is 0.210. The van der Waals surface area contributed by atoms with E-state index >= 15 is 0 Å². The number of hydrogen-bond acceptors (Lipinski definition) is 2. The van der Waals surface area contributed by atoms with E-state index < -0.39 is 0 Å². The molecule has 2 nitrogen and oxygen atoms in total. The van der Waals surface area contributed by atoms with Gasteiger partial charge in [-0.05, 0) is 37.5 Å². The molecule has 0 aliphatic carbocycles. The van der Waals surface area contributed by atoms with Crippen molar-refractivity contribution in [2.75, 3.05) is 19.8 Å². The van der Waals surface area contributed by atoms with Crippen molar-refractivity contribution in [3.05, 3.63) is 0 Å². The zero-order chi connectivity index (χ0) is 12.3. The maximum Gasteiger partial charge on any atom is 0.0939 e. The van der Waals surface area contributed by atoms with Gasteiger partial charge in [0.2, 0.25) is 0 Å². The topological polar surface area (TPSA) is 18.5 Å². The molecule has 0 amide bonds. The largest absolute Gasteiger partial charge is 0.378 e. The van der Waals surface area contributed by atoms with E-state index in [-0.39, 0.29) is 5.60 Å². The summed E-state index contributed by atoms with van der Waals surface area (Å²) in [6, 6.07) is 0. The van der Waals surface area contributed by atoms with Crippen LogP contribution in [0.15, 0.2) is 0 Å². The van der Waals surface area contributed by atoms with Gasteiger partial charge in [-0.2, -0.15) is 0 Å². The third-order valence-corrected chi connectivity index (χ3v) is 4.96. The second kappa shape index (κ2) is 5.90.